The number of nitrogens with one attached hydrogen (secondary N) is 1. The molecule has 0 bridgehead atoms. The first kappa shape index (κ1) is 14.2. The van der Waals surface area contributed by atoms with Gasteiger partial charge in [-0.2, -0.15) is 0 Å². The van der Waals surface area contributed by atoms with E-state index in [1.54, 1.807) is 17.4 Å². The quantitative estimate of drug-likeness (QED) is 0.798. The van der Waals surface area contributed by atoms with Crippen molar-refractivity contribution >= 4 is 21.4 Å². The van der Waals surface area contributed by atoms with E-state index in [0.717, 1.165) is 33.6 Å². The number of fused-ring (bicyclic) bond motifs is 1. The van der Waals surface area contributed by atoms with E-state index in [2.05, 4.69) is 14.9 Å². The first-order valence-corrected chi connectivity index (χ1v) is 7.75. The summed E-state index contributed by atoms with van der Waals surface area (Å²) in [4.78, 5) is 5.52. The normalized spacial score (nSPS) is 11.4. The molecule has 0 amide bonds. The van der Waals surface area contributed by atoms with Crippen molar-refractivity contribution in [1.82, 2.24) is 14.9 Å². The molecule has 0 aliphatic carbocycles. The Balaban J connectivity index is 2.15. The summed E-state index contributed by atoms with van der Waals surface area (Å²) in [5.41, 5.74) is 3.20. The fourth-order valence-corrected chi connectivity index (χ4v) is 3.80. The Morgan fingerprint density at radius 2 is 2.14 bits per heavy atom. The second-order valence-corrected chi connectivity index (χ2v) is 6.33. The zero-order valence-electron chi connectivity index (χ0n) is 12.4. The number of hydrogen-bond donors (Lipinski definition) is 1. The van der Waals surface area contributed by atoms with Gasteiger partial charge in [-0.15, -0.1) is 11.3 Å². The molecule has 0 saturated carbocycles. The smallest absolute Gasteiger partial charge is 0.132 e. The summed E-state index contributed by atoms with van der Waals surface area (Å²) < 4.78 is 17.4. The highest BCUT2D eigenvalue weighted by atomic mass is 32.1. The molecule has 2 aromatic heterocycles. The van der Waals surface area contributed by atoms with Crippen LogP contribution in [0.2, 0.25) is 0 Å². The maximum Gasteiger partial charge on any atom is 0.132 e. The second kappa shape index (κ2) is 5.58. The van der Waals surface area contributed by atoms with Crippen LogP contribution < -0.4 is 5.32 Å². The predicted molar refractivity (Wildman–Crippen MR) is 85.3 cm³/mol. The summed E-state index contributed by atoms with van der Waals surface area (Å²) in [6.07, 6.45) is 1.83. The summed E-state index contributed by atoms with van der Waals surface area (Å²) in [5, 5.41) is 3.92. The Hall–Kier alpha value is -1.72. The van der Waals surface area contributed by atoms with Gasteiger partial charge in [-0.25, -0.2) is 9.37 Å². The van der Waals surface area contributed by atoms with Crippen molar-refractivity contribution in [2.75, 3.05) is 7.05 Å². The number of halogens is 1. The highest BCUT2D eigenvalue weighted by molar-refractivity contribution is 7.19. The lowest BCUT2D eigenvalue weighted by atomic mass is 10.1. The van der Waals surface area contributed by atoms with Crippen molar-refractivity contribution in [2.24, 2.45) is 0 Å². The number of rotatable bonds is 4. The molecule has 0 unspecified atom stereocenters. The summed E-state index contributed by atoms with van der Waals surface area (Å²) in [7, 11) is 1.91. The van der Waals surface area contributed by atoms with Crippen LogP contribution >= 0.6 is 11.3 Å². The number of nitrogens with zero attached hydrogens (tertiary/aromatic N) is 2. The molecule has 3 aromatic rings. The van der Waals surface area contributed by atoms with E-state index < -0.39 is 0 Å². The minimum atomic E-state index is -0.143. The van der Waals surface area contributed by atoms with Crippen molar-refractivity contribution in [1.29, 1.82) is 0 Å². The molecular formula is C16H18FN3S. The van der Waals surface area contributed by atoms with Crippen molar-refractivity contribution in [3.8, 4) is 0 Å². The average molecular weight is 303 g/mol. The highest BCUT2D eigenvalue weighted by Gasteiger charge is 2.16. The van der Waals surface area contributed by atoms with Gasteiger partial charge in [0.2, 0.25) is 0 Å². The summed E-state index contributed by atoms with van der Waals surface area (Å²) in [6.45, 7) is 5.45. The molecule has 21 heavy (non-hydrogen) atoms. The molecule has 3 rings (SSSR count). The SMILES string of the molecule is CNCc1sc2cccc(F)c2c1Cn1cnc(C)c1C. The maximum absolute atomic E-state index is 14.3. The van der Waals surface area contributed by atoms with Gasteiger partial charge >= 0.3 is 0 Å². The third-order valence-electron chi connectivity index (χ3n) is 3.86. The van der Waals surface area contributed by atoms with Crippen molar-refractivity contribution in [2.45, 2.75) is 26.9 Å². The van der Waals surface area contributed by atoms with Gasteiger partial charge < -0.3 is 9.88 Å². The molecule has 0 fully saturated rings. The molecule has 0 spiro atoms. The van der Waals surface area contributed by atoms with Gasteiger partial charge in [0.15, 0.2) is 0 Å². The molecule has 2 heterocycles. The van der Waals surface area contributed by atoms with Gasteiger partial charge in [-0.05, 0) is 38.6 Å². The number of aryl methyl sites for hydroxylation is 1. The molecule has 110 valence electrons. The van der Waals surface area contributed by atoms with Crippen LogP contribution in [-0.4, -0.2) is 16.6 Å². The Bertz CT molecular complexity index is 788. The molecule has 1 N–H and O–H groups in total. The van der Waals surface area contributed by atoms with Gasteiger partial charge in [0, 0.05) is 27.2 Å². The predicted octanol–water partition coefficient (Wildman–Crippen LogP) is 3.62. The molecule has 0 aliphatic rings. The van der Waals surface area contributed by atoms with E-state index in [9.17, 15) is 4.39 Å². The van der Waals surface area contributed by atoms with Gasteiger partial charge in [0.25, 0.3) is 0 Å². The Kier molecular flexibility index (Phi) is 3.78. The number of benzene rings is 1. The van der Waals surface area contributed by atoms with E-state index in [1.165, 1.54) is 10.9 Å². The standard InChI is InChI=1S/C16H18FN3S/c1-10-11(2)20(9-19-10)8-12-15(7-18-3)21-14-6-4-5-13(17)16(12)14/h4-6,9,18H,7-8H2,1-3H3. The maximum atomic E-state index is 14.3. The van der Waals surface area contributed by atoms with Crippen LogP contribution in [0.15, 0.2) is 24.5 Å². The molecule has 0 radical (unpaired) electrons. The number of aromatic nitrogens is 2. The van der Waals surface area contributed by atoms with E-state index in [-0.39, 0.29) is 5.82 Å². The van der Waals surface area contributed by atoms with Crippen molar-refractivity contribution in [3.63, 3.8) is 0 Å². The lowest BCUT2D eigenvalue weighted by molar-refractivity contribution is 0.637. The van der Waals surface area contributed by atoms with Crippen molar-refractivity contribution in [3.05, 3.63) is 52.2 Å². The van der Waals surface area contributed by atoms with Crippen LogP contribution in [-0.2, 0) is 13.1 Å². The Morgan fingerprint density at radius 3 is 2.81 bits per heavy atom. The average Bonchev–Trinajstić information content (AvgIpc) is 2.96. The van der Waals surface area contributed by atoms with Crippen LogP contribution in [0, 0.1) is 19.7 Å². The lowest BCUT2D eigenvalue weighted by Crippen LogP contribution is -2.08. The van der Waals surface area contributed by atoms with E-state index in [1.807, 2.05) is 33.3 Å². The first-order valence-electron chi connectivity index (χ1n) is 6.93. The zero-order chi connectivity index (χ0) is 15.0. The summed E-state index contributed by atoms with van der Waals surface area (Å²) in [6, 6.07) is 5.29. The van der Waals surface area contributed by atoms with Gasteiger partial charge in [-0.3, -0.25) is 0 Å². The molecular weight excluding hydrogens is 285 g/mol. The molecule has 0 atom stereocenters. The number of imidazole rings is 1. The zero-order valence-corrected chi connectivity index (χ0v) is 13.2. The fourth-order valence-electron chi connectivity index (χ4n) is 2.56. The molecule has 3 nitrogen and oxygen atoms in total. The van der Waals surface area contributed by atoms with E-state index in [4.69, 9.17) is 0 Å². The second-order valence-electron chi connectivity index (χ2n) is 5.19. The summed E-state index contributed by atoms with van der Waals surface area (Å²) in [5.74, 6) is -0.143. The van der Waals surface area contributed by atoms with Crippen LogP contribution in [0.3, 0.4) is 0 Å². The van der Waals surface area contributed by atoms with E-state index >= 15 is 0 Å². The highest BCUT2D eigenvalue weighted by Crippen LogP contribution is 2.34. The molecule has 5 heteroatoms. The largest absolute Gasteiger partial charge is 0.330 e. The number of thiophene rings is 1. The van der Waals surface area contributed by atoms with Crippen LogP contribution in [0.5, 0.6) is 0 Å². The Morgan fingerprint density at radius 1 is 1.33 bits per heavy atom. The van der Waals surface area contributed by atoms with Gasteiger partial charge in [0.1, 0.15) is 5.82 Å². The summed E-state index contributed by atoms with van der Waals surface area (Å²) >= 11 is 1.66. The lowest BCUT2D eigenvalue weighted by Gasteiger charge is -2.08. The van der Waals surface area contributed by atoms with Crippen molar-refractivity contribution < 1.29 is 4.39 Å². The molecule has 0 aliphatic heterocycles. The third-order valence-corrected chi connectivity index (χ3v) is 5.06. The Labute approximate surface area is 127 Å². The first-order chi connectivity index (χ1) is 10.1. The third kappa shape index (κ3) is 2.47. The fraction of sp³-hybridized carbons (Fsp3) is 0.312. The van der Waals surface area contributed by atoms with Crippen LogP contribution in [0.4, 0.5) is 4.39 Å². The van der Waals surface area contributed by atoms with Gasteiger partial charge in [-0.1, -0.05) is 6.07 Å². The number of hydrogen-bond acceptors (Lipinski definition) is 3. The monoisotopic (exact) mass is 303 g/mol. The topological polar surface area (TPSA) is 29.9 Å². The molecule has 0 saturated heterocycles. The van der Waals surface area contributed by atoms with E-state index in [0.29, 0.717) is 6.54 Å². The molecule has 1 aromatic carbocycles. The van der Waals surface area contributed by atoms with Crippen LogP contribution in [0.25, 0.3) is 10.1 Å². The minimum Gasteiger partial charge on any atom is -0.330 e. The van der Waals surface area contributed by atoms with Gasteiger partial charge in [0.05, 0.1) is 18.6 Å². The van der Waals surface area contributed by atoms with Crippen LogP contribution in [0.1, 0.15) is 21.8 Å². The minimum absolute atomic E-state index is 0.143.